The van der Waals surface area contributed by atoms with Crippen LogP contribution in [0, 0.1) is 13.8 Å². The van der Waals surface area contributed by atoms with Crippen LogP contribution in [-0.4, -0.2) is 9.97 Å². The van der Waals surface area contributed by atoms with Gasteiger partial charge in [-0.15, -0.1) is 0 Å². The van der Waals surface area contributed by atoms with E-state index in [2.05, 4.69) is 121 Å². The summed E-state index contributed by atoms with van der Waals surface area (Å²) in [5.74, 6) is 0. The van der Waals surface area contributed by atoms with E-state index in [1.54, 1.807) is 0 Å². The van der Waals surface area contributed by atoms with Crippen LogP contribution in [0.15, 0.2) is 97.1 Å². The Kier molecular flexibility index (Phi) is 4.66. The number of aromatic amines is 2. The lowest BCUT2D eigenvalue weighted by atomic mass is 9.94. The zero-order valence-electron chi connectivity index (χ0n) is 18.9. The first-order valence-corrected chi connectivity index (χ1v) is 11.5. The van der Waals surface area contributed by atoms with Crippen LogP contribution in [0.5, 0.6) is 0 Å². The fourth-order valence-electron chi connectivity index (χ4n) is 4.99. The minimum Gasteiger partial charge on any atom is -0.354 e. The molecule has 0 aliphatic heterocycles. The van der Waals surface area contributed by atoms with Crippen molar-refractivity contribution in [3.05, 3.63) is 119 Å². The van der Waals surface area contributed by atoms with Gasteiger partial charge in [-0.2, -0.15) is 0 Å². The summed E-state index contributed by atoms with van der Waals surface area (Å²) < 4.78 is 0. The highest BCUT2D eigenvalue weighted by atomic mass is 14.7. The highest BCUT2D eigenvalue weighted by Gasteiger charge is 2.19. The highest BCUT2D eigenvalue weighted by molar-refractivity contribution is 5.95. The largest absolute Gasteiger partial charge is 0.354 e. The summed E-state index contributed by atoms with van der Waals surface area (Å²) in [6.07, 6.45) is 0.848. The van der Waals surface area contributed by atoms with Gasteiger partial charge in [0.1, 0.15) is 0 Å². The maximum absolute atomic E-state index is 3.74. The predicted molar refractivity (Wildman–Crippen MR) is 140 cm³/mol. The van der Waals surface area contributed by atoms with Crippen LogP contribution in [0.25, 0.3) is 44.3 Å². The lowest BCUT2D eigenvalue weighted by molar-refractivity contribution is 1.22. The summed E-state index contributed by atoms with van der Waals surface area (Å²) in [6, 6.07) is 34.8. The number of H-pyrrole nitrogens is 2. The second-order valence-corrected chi connectivity index (χ2v) is 8.96. The number of hydrogen-bond donors (Lipinski definition) is 2. The number of fused-ring (bicyclic) bond motifs is 2. The number of aryl methyl sites for hydroxylation is 2. The van der Waals surface area contributed by atoms with Crippen molar-refractivity contribution in [3.8, 4) is 22.5 Å². The molecule has 0 unspecified atom stereocenters. The summed E-state index contributed by atoms with van der Waals surface area (Å²) in [5.41, 5.74) is 12.5. The number of rotatable bonds is 4. The van der Waals surface area contributed by atoms with E-state index in [1.165, 1.54) is 66.6 Å². The number of hydrogen-bond acceptors (Lipinski definition) is 0. The monoisotopic (exact) mass is 426 g/mol. The molecule has 0 saturated heterocycles. The average Bonchev–Trinajstić information content (AvgIpc) is 3.38. The Labute approximate surface area is 193 Å². The van der Waals surface area contributed by atoms with Crippen LogP contribution in [0.1, 0.15) is 22.3 Å². The molecule has 160 valence electrons. The Balaban J connectivity index is 1.61. The van der Waals surface area contributed by atoms with Crippen LogP contribution >= 0.6 is 0 Å². The molecule has 6 rings (SSSR count). The van der Waals surface area contributed by atoms with Gasteiger partial charge in [0.05, 0.1) is 11.4 Å². The van der Waals surface area contributed by atoms with Crippen molar-refractivity contribution >= 4 is 21.8 Å². The number of aromatic nitrogens is 2. The van der Waals surface area contributed by atoms with Gasteiger partial charge in [0.2, 0.25) is 0 Å². The third-order valence-electron chi connectivity index (χ3n) is 6.60. The average molecular weight is 427 g/mol. The molecule has 0 saturated carbocycles. The molecule has 2 nitrogen and oxygen atoms in total. The van der Waals surface area contributed by atoms with Gasteiger partial charge in [-0.1, -0.05) is 84.9 Å². The first kappa shape index (κ1) is 19.6. The Morgan fingerprint density at radius 2 is 0.939 bits per heavy atom. The zero-order chi connectivity index (χ0) is 22.4. The quantitative estimate of drug-likeness (QED) is 0.285. The molecular formula is C31H26N2. The molecule has 2 N–H and O–H groups in total. The third-order valence-corrected chi connectivity index (χ3v) is 6.60. The molecule has 2 aromatic heterocycles. The van der Waals surface area contributed by atoms with E-state index in [0.29, 0.717) is 0 Å². The molecule has 6 aromatic rings. The standard InChI is InChI=1S/C31H26N2/c1-20-13-15-24-26(30(32-28(24)17-20)22-9-5-3-6-10-22)19-27-25-16-14-21(2)18-29(25)33-31(27)23-11-7-4-8-12-23/h3-18,32-33H,19H2,1-2H3. The summed E-state index contributed by atoms with van der Waals surface area (Å²) in [6.45, 7) is 4.30. The van der Waals surface area contributed by atoms with Gasteiger partial charge in [0.25, 0.3) is 0 Å². The van der Waals surface area contributed by atoms with Crippen LogP contribution in [0.3, 0.4) is 0 Å². The lowest BCUT2D eigenvalue weighted by Crippen LogP contribution is -1.93. The second-order valence-electron chi connectivity index (χ2n) is 8.96. The maximum Gasteiger partial charge on any atom is 0.0500 e. The minimum atomic E-state index is 0.848. The minimum absolute atomic E-state index is 0.848. The Morgan fingerprint density at radius 1 is 0.515 bits per heavy atom. The van der Waals surface area contributed by atoms with Crippen molar-refractivity contribution in [1.29, 1.82) is 0 Å². The van der Waals surface area contributed by atoms with Crippen LogP contribution in [0.2, 0.25) is 0 Å². The molecule has 2 heterocycles. The third kappa shape index (κ3) is 3.44. The van der Waals surface area contributed by atoms with Crippen LogP contribution < -0.4 is 0 Å². The van der Waals surface area contributed by atoms with Gasteiger partial charge >= 0.3 is 0 Å². The van der Waals surface area contributed by atoms with Gasteiger partial charge in [-0.25, -0.2) is 0 Å². The zero-order valence-corrected chi connectivity index (χ0v) is 18.9. The van der Waals surface area contributed by atoms with Gasteiger partial charge in [-0.05, 0) is 59.4 Å². The summed E-state index contributed by atoms with van der Waals surface area (Å²) in [4.78, 5) is 7.48. The Bertz CT molecular complexity index is 1460. The van der Waals surface area contributed by atoms with Gasteiger partial charge in [0, 0.05) is 28.2 Å². The lowest BCUT2D eigenvalue weighted by Gasteiger charge is -2.09. The van der Waals surface area contributed by atoms with Crippen molar-refractivity contribution in [3.63, 3.8) is 0 Å². The molecule has 0 bridgehead atoms. The summed E-state index contributed by atoms with van der Waals surface area (Å²) in [7, 11) is 0. The van der Waals surface area contributed by atoms with Crippen molar-refractivity contribution in [2.75, 3.05) is 0 Å². The van der Waals surface area contributed by atoms with Crippen LogP contribution in [-0.2, 0) is 6.42 Å². The van der Waals surface area contributed by atoms with Crippen molar-refractivity contribution in [2.45, 2.75) is 20.3 Å². The van der Waals surface area contributed by atoms with E-state index in [-0.39, 0.29) is 0 Å². The Morgan fingerprint density at radius 3 is 1.36 bits per heavy atom. The molecule has 0 aliphatic carbocycles. The Hall–Kier alpha value is -4.04. The number of nitrogens with one attached hydrogen (secondary N) is 2. The molecule has 0 amide bonds. The second kappa shape index (κ2) is 7.83. The van der Waals surface area contributed by atoms with Crippen molar-refractivity contribution in [2.24, 2.45) is 0 Å². The molecule has 0 radical (unpaired) electrons. The van der Waals surface area contributed by atoms with E-state index in [0.717, 1.165) is 6.42 Å². The van der Waals surface area contributed by atoms with Gasteiger partial charge < -0.3 is 9.97 Å². The smallest absolute Gasteiger partial charge is 0.0500 e. The van der Waals surface area contributed by atoms with E-state index in [1.807, 2.05) is 0 Å². The van der Waals surface area contributed by atoms with E-state index < -0.39 is 0 Å². The first-order valence-electron chi connectivity index (χ1n) is 11.5. The molecule has 0 spiro atoms. The molecular weight excluding hydrogens is 400 g/mol. The molecule has 33 heavy (non-hydrogen) atoms. The summed E-state index contributed by atoms with van der Waals surface area (Å²) in [5, 5.41) is 2.58. The van der Waals surface area contributed by atoms with Crippen molar-refractivity contribution in [1.82, 2.24) is 9.97 Å². The maximum atomic E-state index is 3.74. The van der Waals surface area contributed by atoms with E-state index >= 15 is 0 Å². The molecule has 0 fully saturated rings. The fraction of sp³-hybridized carbons (Fsp3) is 0.0968. The molecule has 2 heteroatoms. The van der Waals surface area contributed by atoms with Gasteiger partial charge in [0.15, 0.2) is 0 Å². The van der Waals surface area contributed by atoms with Crippen LogP contribution in [0.4, 0.5) is 0 Å². The molecule has 4 aromatic carbocycles. The van der Waals surface area contributed by atoms with E-state index in [9.17, 15) is 0 Å². The normalized spacial score (nSPS) is 11.5. The molecule has 0 atom stereocenters. The molecule has 0 aliphatic rings. The first-order chi connectivity index (χ1) is 16.2. The van der Waals surface area contributed by atoms with Gasteiger partial charge in [-0.3, -0.25) is 0 Å². The fourth-order valence-corrected chi connectivity index (χ4v) is 4.99. The summed E-state index contributed by atoms with van der Waals surface area (Å²) >= 11 is 0. The van der Waals surface area contributed by atoms with Crippen molar-refractivity contribution < 1.29 is 0 Å². The topological polar surface area (TPSA) is 31.6 Å². The number of benzene rings is 4. The SMILES string of the molecule is Cc1ccc2c(Cc3c(-c4ccccc4)[nH]c4cc(C)ccc34)c(-c3ccccc3)[nH]c2c1. The van der Waals surface area contributed by atoms with E-state index in [4.69, 9.17) is 0 Å². The highest BCUT2D eigenvalue weighted by Crippen LogP contribution is 2.38. The predicted octanol–water partition coefficient (Wildman–Crippen LogP) is 8.19.